The second-order valence-electron chi connectivity index (χ2n) is 4.19. The molecule has 0 bridgehead atoms. The van der Waals surface area contributed by atoms with E-state index in [1.807, 2.05) is 12.1 Å². The number of rotatable bonds is 5. The summed E-state index contributed by atoms with van der Waals surface area (Å²) in [6, 6.07) is 11.5. The van der Waals surface area contributed by atoms with Gasteiger partial charge in [0.2, 0.25) is 0 Å². The van der Waals surface area contributed by atoms with Gasteiger partial charge in [-0.2, -0.15) is 0 Å². The molecule has 0 aliphatic carbocycles. The van der Waals surface area contributed by atoms with Crippen LogP contribution in [0.3, 0.4) is 0 Å². The molecule has 0 unspecified atom stereocenters. The first kappa shape index (κ1) is 14.4. The number of ether oxygens (including phenoxy) is 1. The van der Waals surface area contributed by atoms with Gasteiger partial charge in [-0.3, -0.25) is 0 Å². The molecule has 0 saturated heterocycles. The van der Waals surface area contributed by atoms with Crippen molar-refractivity contribution in [3.63, 3.8) is 0 Å². The molecule has 0 amide bonds. The van der Waals surface area contributed by atoms with E-state index >= 15 is 0 Å². The molecule has 2 rings (SSSR count). The molecule has 3 N–H and O–H groups in total. The van der Waals surface area contributed by atoms with Crippen molar-refractivity contribution in [2.45, 2.75) is 6.42 Å². The van der Waals surface area contributed by atoms with E-state index in [0.29, 0.717) is 17.7 Å². The van der Waals surface area contributed by atoms with Crippen LogP contribution in [0.2, 0.25) is 0 Å². The Morgan fingerprint density at radius 1 is 1.20 bits per heavy atom. The smallest absolute Gasteiger partial charge is 0.166 e. The zero-order chi connectivity index (χ0) is 14.5. The Morgan fingerprint density at radius 2 is 1.95 bits per heavy atom. The standard InChI is InChI=1S/C15H14FNO2S/c16-12-9-11(15(17)20)5-6-14(12)19-13-4-2-1-3-10(13)7-8-18/h1-6,9,18H,7-8H2,(H2,17,20). The summed E-state index contributed by atoms with van der Waals surface area (Å²) in [6.45, 7) is 0.00321. The predicted octanol–water partition coefficient (Wildman–Crippen LogP) is 2.79. The van der Waals surface area contributed by atoms with Gasteiger partial charge in [-0.15, -0.1) is 0 Å². The van der Waals surface area contributed by atoms with Crippen LogP contribution in [-0.4, -0.2) is 16.7 Å². The Hall–Kier alpha value is -1.98. The number of nitrogens with two attached hydrogens (primary N) is 1. The van der Waals surface area contributed by atoms with Gasteiger partial charge < -0.3 is 15.6 Å². The minimum Gasteiger partial charge on any atom is -0.454 e. The van der Waals surface area contributed by atoms with E-state index in [1.54, 1.807) is 18.2 Å². The fourth-order valence-electron chi connectivity index (χ4n) is 1.79. The molecule has 0 radical (unpaired) electrons. The normalized spacial score (nSPS) is 10.3. The number of para-hydroxylation sites is 1. The molecule has 0 spiro atoms. The van der Waals surface area contributed by atoms with Crippen molar-refractivity contribution in [2.24, 2.45) is 5.73 Å². The van der Waals surface area contributed by atoms with Gasteiger partial charge in [-0.1, -0.05) is 30.4 Å². The van der Waals surface area contributed by atoms with Crippen LogP contribution in [0.4, 0.5) is 4.39 Å². The number of halogens is 1. The number of hydrogen-bond donors (Lipinski definition) is 2. The summed E-state index contributed by atoms with van der Waals surface area (Å²) in [7, 11) is 0. The third-order valence-electron chi connectivity index (χ3n) is 2.79. The van der Waals surface area contributed by atoms with Gasteiger partial charge in [0.1, 0.15) is 10.7 Å². The van der Waals surface area contributed by atoms with Crippen LogP contribution in [0.15, 0.2) is 42.5 Å². The number of aliphatic hydroxyl groups is 1. The molecule has 0 aliphatic rings. The van der Waals surface area contributed by atoms with Crippen LogP contribution >= 0.6 is 12.2 Å². The highest BCUT2D eigenvalue weighted by atomic mass is 32.1. The van der Waals surface area contributed by atoms with Crippen LogP contribution in [0, 0.1) is 5.82 Å². The van der Waals surface area contributed by atoms with E-state index < -0.39 is 5.82 Å². The van der Waals surface area contributed by atoms with Gasteiger partial charge in [0, 0.05) is 12.2 Å². The van der Waals surface area contributed by atoms with Crippen molar-refractivity contribution in [1.29, 1.82) is 0 Å². The molecule has 0 aliphatic heterocycles. The maximum absolute atomic E-state index is 13.9. The number of benzene rings is 2. The summed E-state index contributed by atoms with van der Waals surface area (Å²) in [5, 5.41) is 9.00. The van der Waals surface area contributed by atoms with Crippen molar-refractivity contribution in [1.82, 2.24) is 0 Å². The predicted molar refractivity (Wildman–Crippen MR) is 79.6 cm³/mol. The monoisotopic (exact) mass is 291 g/mol. The van der Waals surface area contributed by atoms with Gasteiger partial charge in [-0.05, 0) is 36.2 Å². The summed E-state index contributed by atoms with van der Waals surface area (Å²) in [5.41, 5.74) is 6.71. The third kappa shape index (κ3) is 3.31. The fraction of sp³-hybridized carbons (Fsp3) is 0.133. The topological polar surface area (TPSA) is 55.5 Å². The summed E-state index contributed by atoms with van der Waals surface area (Å²) in [5.74, 6) is 0.0769. The molecule has 3 nitrogen and oxygen atoms in total. The summed E-state index contributed by atoms with van der Waals surface area (Å²) >= 11 is 4.79. The summed E-state index contributed by atoms with van der Waals surface area (Å²) in [6.07, 6.45) is 0.447. The van der Waals surface area contributed by atoms with E-state index in [2.05, 4.69) is 0 Å². The highest BCUT2D eigenvalue weighted by Gasteiger charge is 2.09. The largest absolute Gasteiger partial charge is 0.454 e. The molecule has 2 aromatic carbocycles. The molecule has 20 heavy (non-hydrogen) atoms. The SMILES string of the molecule is NC(=S)c1ccc(Oc2ccccc2CCO)c(F)c1. The van der Waals surface area contributed by atoms with Crippen molar-refractivity contribution >= 4 is 17.2 Å². The quantitative estimate of drug-likeness (QED) is 0.832. The lowest BCUT2D eigenvalue weighted by Crippen LogP contribution is -2.09. The lowest BCUT2D eigenvalue weighted by atomic mass is 10.1. The lowest BCUT2D eigenvalue weighted by Gasteiger charge is -2.11. The van der Waals surface area contributed by atoms with Gasteiger partial charge in [0.25, 0.3) is 0 Å². The Morgan fingerprint density at radius 3 is 2.60 bits per heavy atom. The highest BCUT2D eigenvalue weighted by Crippen LogP contribution is 2.28. The van der Waals surface area contributed by atoms with E-state index in [4.69, 9.17) is 27.8 Å². The Balaban J connectivity index is 2.28. The fourth-order valence-corrected chi connectivity index (χ4v) is 1.91. The van der Waals surface area contributed by atoms with E-state index in [1.165, 1.54) is 12.1 Å². The number of hydrogen-bond acceptors (Lipinski definition) is 3. The first-order valence-corrected chi connectivity index (χ1v) is 6.48. The van der Waals surface area contributed by atoms with Gasteiger partial charge in [-0.25, -0.2) is 4.39 Å². The average molecular weight is 291 g/mol. The minimum absolute atomic E-state index is 0.00321. The maximum Gasteiger partial charge on any atom is 0.166 e. The van der Waals surface area contributed by atoms with Crippen molar-refractivity contribution in [3.8, 4) is 11.5 Å². The Bertz CT molecular complexity index is 631. The molecular weight excluding hydrogens is 277 g/mol. The molecule has 0 heterocycles. The van der Waals surface area contributed by atoms with Crippen LogP contribution in [0.25, 0.3) is 0 Å². The van der Waals surface area contributed by atoms with Crippen LogP contribution in [0.1, 0.15) is 11.1 Å². The average Bonchev–Trinajstić information content (AvgIpc) is 2.43. The first-order valence-electron chi connectivity index (χ1n) is 6.08. The highest BCUT2D eigenvalue weighted by molar-refractivity contribution is 7.80. The summed E-state index contributed by atoms with van der Waals surface area (Å²) < 4.78 is 19.5. The lowest BCUT2D eigenvalue weighted by molar-refractivity contribution is 0.297. The third-order valence-corrected chi connectivity index (χ3v) is 3.03. The van der Waals surface area contributed by atoms with E-state index in [-0.39, 0.29) is 17.3 Å². The van der Waals surface area contributed by atoms with Gasteiger partial charge in [0.15, 0.2) is 11.6 Å². The second kappa shape index (κ2) is 6.45. The molecular formula is C15H14FNO2S. The van der Waals surface area contributed by atoms with Crippen LogP contribution in [0.5, 0.6) is 11.5 Å². The first-order chi connectivity index (χ1) is 9.61. The van der Waals surface area contributed by atoms with Crippen molar-refractivity contribution in [3.05, 3.63) is 59.4 Å². The molecule has 0 fully saturated rings. The van der Waals surface area contributed by atoms with Gasteiger partial charge >= 0.3 is 0 Å². The molecule has 104 valence electrons. The van der Waals surface area contributed by atoms with Gasteiger partial charge in [0.05, 0.1) is 0 Å². The molecule has 0 saturated carbocycles. The van der Waals surface area contributed by atoms with Crippen LogP contribution < -0.4 is 10.5 Å². The number of thiocarbonyl (C=S) groups is 1. The molecule has 5 heteroatoms. The van der Waals surface area contributed by atoms with Crippen molar-refractivity contribution < 1.29 is 14.2 Å². The zero-order valence-electron chi connectivity index (χ0n) is 10.7. The minimum atomic E-state index is -0.533. The molecule has 0 atom stereocenters. The van der Waals surface area contributed by atoms with Crippen molar-refractivity contribution in [2.75, 3.05) is 6.61 Å². The zero-order valence-corrected chi connectivity index (χ0v) is 11.5. The van der Waals surface area contributed by atoms with E-state index in [0.717, 1.165) is 5.56 Å². The second-order valence-corrected chi connectivity index (χ2v) is 4.63. The van der Waals surface area contributed by atoms with E-state index in [9.17, 15) is 4.39 Å². The van der Waals surface area contributed by atoms with Crippen LogP contribution in [-0.2, 0) is 6.42 Å². The Labute approximate surface area is 121 Å². The molecule has 2 aromatic rings. The number of aliphatic hydroxyl groups excluding tert-OH is 1. The maximum atomic E-state index is 13.9. The molecule has 0 aromatic heterocycles. The Kier molecular flexibility index (Phi) is 4.65. The summed E-state index contributed by atoms with van der Waals surface area (Å²) in [4.78, 5) is 0.135.